The number of benzene rings is 1. The van der Waals surface area contributed by atoms with Crippen molar-refractivity contribution in [2.75, 3.05) is 7.05 Å². The SMILES string of the molecule is CNC(c1ccc(Br)cc1)c1ccn(C)n1. The van der Waals surface area contributed by atoms with Gasteiger partial charge >= 0.3 is 0 Å². The average molecular weight is 280 g/mol. The molecule has 1 aromatic heterocycles. The highest BCUT2D eigenvalue weighted by molar-refractivity contribution is 9.10. The van der Waals surface area contributed by atoms with Gasteiger partial charge in [0, 0.05) is 17.7 Å². The van der Waals surface area contributed by atoms with Gasteiger partial charge in [-0.25, -0.2) is 0 Å². The summed E-state index contributed by atoms with van der Waals surface area (Å²) in [6.07, 6.45) is 1.96. The zero-order valence-corrected chi connectivity index (χ0v) is 10.9. The van der Waals surface area contributed by atoms with Gasteiger partial charge in [0.2, 0.25) is 0 Å². The van der Waals surface area contributed by atoms with Gasteiger partial charge in [0.1, 0.15) is 0 Å². The summed E-state index contributed by atoms with van der Waals surface area (Å²) in [5.41, 5.74) is 2.25. The van der Waals surface area contributed by atoms with Crippen molar-refractivity contribution >= 4 is 15.9 Å². The summed E-state index contributed by atoms with van der Waals surface area (Å²) in [4.78, 5) is 0. The van der Waals surface area contributed by atoms with E-state index in [1.54, 1.807) is 0 Å². The molecule has 0 aliphatic rings. The van der Waals surface area contributed by atoms with Crippen LogP contribution in [0.2, 0.25) is 0 Å². The van der Waals surface area contributed by atoms with E-state index in [4.69, 9.17) is 0 Å². The van der Waals surface area contributed by atoms with Crippen molar-refractivity contribution in [2.45, 2.75) is 6.04 Å². The molecule has 1 atom stereocenters. The van der Waals surface area contributed by atoms with E-state index in [0.29, 0.717) is 0 Å². The summed E-state index contributed by atoms with van der Waals surface area (Å²) in [7, 11) is 3.87. The Morgan fingerprint density at radius 3 is 2.44 bits per heavy atom. The van der Waals surface area contributed by atoms with Gasteiger partial charge in [0.05, 0.1) is 11.7 Å². The Bertz CT molecular complexity index is 461. The van der Waals surface area contributed by atoms with Gasteiger partial charge in [-0.3, -0.25) is 4.68 Å². The molecular formula is C12H14BrN3. The summed E-state index contributed by atoms with van der Waals surface area (Å²) in [5.74, 6) is 0. The molecule has 0 radical (unpaired) electrons. The van der Waals surface area contributed by atoms with Crippen LogP contribution in [-0.4, -0.2) is 16.8 Å². The van der Waals surface area contributed by atoms with Crippen LogP contribution in [0, 0.1) is 0 Å². The highest BCUT2D eigenvalue weighted by atomic mass is 79.9. The van der Waals surface area contributed by atoms with E-state index < -0.39 is 0 Å². The number of aromatic nitrogens is 2. The molecule has 0 fully saturated rings. The Morgan fingerprint density at radius 1 is 1.25 bits per heavy atom. The molecule has 2 aromatic rings. The number of aryl methyl sites for hydroxylation is 1. The summed E-state index contributed by atoms with van der Waals surface area (Å²) in [6, 6.07) is 10.5. The summed E-state index contributed by atoms with van der Waals surface area (Å²) >= 11 is 3.44. The van der Waals surface area contributed by atoms with Crippen LogP contribution in [-0.2, 0) is 7.05 Å². The minimum atomic E-state index is 0.147. The van der Waals surface area contributed by atoms with E-state index in [1.165, 1.54) is 5.56 Å². The first-order chi connectivity index (χ1) is 7.70. The van der Waals surface area contributed by atoms with Gasteiger partial charge in [-0.15, -0.1) is 0 Å². The standard InChI is InChI=1S/C12H14BrN3/c1-14-12(11-7-8-16(2)15-11)9-3-5-10(13)6-4-9/h3-8,12,14H,1-2H3. The number of nitrogens with one attached hydrogen (secondary N) is 1. The number of halogens is 1. The quantitative estimate of drug-likeness (QED) is 0.936. The molecule has 1 heterocycles. The zero-order valence-electron chi connectivity index (χ0n) is 9.31. The van der Waals surface area contributed by atoms with Crippen molar-refractivity contribution in [3.8, 4) is 0 Å². The lowest BCUT2D eigenvalue weighted by atomic mass is 10.0. The molecule has 84 valence electrons. The van der Waals surface area contributed by atoms with E-state index in [2.05, 4.69) is 38.5 Å². The topological polar surface area (TPSA) is 29.9 Å². The maximum atomic E-state index is 4.42. The highest BCUT2D eigenvalue weighted by Crippen LogP contribution is 2.21. The molecule has 1 unspecified atom stereocenters. The molecule has 0 saturated heterocycles. The average Bonchev–Trinajstić information content (AvgIpc) is 2.69. The van der Waals surface area contributed by atoms with Crippen LogP contribution >= 0.6 is 15.9 Å². The van der Waals surface area contributed by atoms with Gasteiger partial charge in [0.15, 0.2) is 0 Å². The first-order valence-corrected chi connectivity index (χ1v) is 5.92. The second-order valence-corrected chi connectivity index (χ2v) is 4.60. The second kappa shape index (κ2) is 4.80. The first-order valence-electron chi connectivity index (χ1n) is 5.13. The van der Waals surface area contributed by atoms with Crippen molar-refractivity contribution in [3.05, 3.63) is 52.3 Å². The van der Waals surface area contributed by atoms with E-state index in [1.807, 2.05) is 43.2 Å². The van der Waals surface area contributed by atoms with Crippen LogP contribution < -0.4 is 5.32 Å². The molecule has 2 rings (SSSR count). The Morgan fingerprint density at radius 2 is 1.94 bits per heavy atom. The van der Waals surface area contributed by atoms with Crippen LogP contribution in [0.5, 0.6) is 0 Å². The summed E-state index contributed by atoms with van der Waals surface area (Å²) in [5, 5.41) is 7.70. The maximum Gasteiger partial charge on any atom is 0.0839 e. The van der Waals surface area contributed by atoms with E-state index in [9.17, 15) is 0 Å². The van der Waals surface area contributed by atoms with E-state index >= 15 is 0 Å². The Labute approximate surface area is 104 Å². The van der Waals surface area contributed by atoms with Gasteiger partial charge in [-0.2, -0.15) is 5.10 Å². The zero-order chi connectivity index (χ0) is 11.5. The smallest absolute Gasteiger partial charge is 0.0839 e. The Kier molecular flexibility index (Phi) is 3.41. The fourth-order valence-corrected chi connectivity index (χ4v) is 1.99. The summed E-state index contributed by atoms with van der Waals surface area (Å²) < 4.78 is 2.91. The lowest BCUT2D eigenvalue weighted by molar-refractivity contribution is 0.642. The van der Waals surface area contributed by atoms with Crippen molar-refractivity contribution in [2.24, 2.45) is 7.05 Å². The number of hydrogen-bond acceptors (Lipinski definition) is 2. The predicted octanol–water partition coefficient (Wildman–Crippen LogP) is 2.49. The molecule has 0 bridgehead atoms. The molecule has 4 heteroatoms. The fourth-order valence-electron chi connectivity index (χ4n) is 1.73. The maximum absolute atomic E-state index is 4.42. The molecule has 0 aliphatic carbocycles. The lowest BCUT2D eigenvalue weighted by Crippen LogP contribution is -2.18. The molecule has 0 saturated carbocycles. The minimum Gasteiger partial charge on any atom is -0.308 e. The third kappa shape index (κ3) is 2.33. The third-order valence-electron chi connectivity index (χ3n) is 2.52. The van der Waals surface area contributed by atoms with Crippen LogP contribution in [0.15, 0.2) is 41.0 Å². The Hall–Kier alpha value is -1.13. The van der Waals surface area contributed by atoms with Gasteiger partial charge in [-0.05, 0) is 30.8 Å². The number of rotatable bonds is 3. The van der Waals surface area contributed by atoms with Crippen molar-refractivity contribution in [3.63, 3.8) is 0 Å². The minimum absolute atomic E-state index is 0.147. The first kappa shape index (κ1) is 11.4. The van der Waals surface area contributed by atoms with Crippen LogP contribution in [0.4, 0.5) is 0 Å². The van der Waals surface area contributed by atoms with Gasteiger partial charge in [-0.1, -0.05) is 28.1 Å². The second-order valence-electron chi connectivity index (χ2n) is 3.69. The van der Waals surface area contributed by atoms with Crippen LogP contribution in [0.25, 0.3) is 0 Å². The van der Waals surface area contributed by atoms with Gasteiger partial charge in [0.25, 0.3) is 0 Å². The molecule has 0 spiro atoms. The predicted molar refractivity (Wildman–Crippen MR) is 68.3 cm³/mol. The van der Waals surface area contributed by atoms with Crippen LogP contribution in [0.3, 0.4) is 0 Å². The number of hydrogen-bond donors (Lipinski definition) is 1. The Balaban J connectivity index is 2.32. The molecular weight excluding hydrogens is 266 g/mol. The molecule has 3 nitrogen and oxygen atoms in total. The molecule has 1 aromatic carbocycles. The van der Waals surface area contributed by atoms with E-state index in [-0.39, 0.29) is 6.04 Å². The molecule has 16 heavy (non-hydrogen) atoms. The number of nitrogens with zero attached hydrogens (tertiary/aromatic N) is 2. The normalized spacial score (nSPS) is 12.7. The van der Waals surface area contributed by atoms with Crippen molar-refractivity contribution in [1.82, 2.24) is 15.1 Å². The molecule has 0 aliphatic heterocycles. The van der Waals surface area contributed by atoms with Gasteiger partial charge < -0.3 is 5.32 Å². The fraction of sp³-hybridized carbons (Fsp3) is 0.250. The van der Waals surface area contributed by atoms with Crippen molar-refractivity contribution in [1.29, 1.82) is 0 Å². The van der Waals surface area contributed by atoms with Crippen LogP contribution in [0.1, 0.15) is 17.3 Å². The summed E-state index contributed by atoms with van der Waals surface area (Å²) in [6.45, 7) is 0. The van der Waals surface area contributed by atoms with E-state index in [0.717, 1.165) is 10.2 Å². The highest BCUT2D eigenvalue weighted by Gasteiger charge is 2.13. The lowest BCUT2D eigenvalue weighted by Gasteiger charge is -2.14. The largest absolute Gasteiger partial charge is 0.308 e. The van der Waals surface area contributed by atoms with Crippen molar-refractivity contribution < 1.29 is 0 Å². The molecule has 1 N–H and O–H groups in total. The third-order valence-corrected chi connectivity index (χ3v) is 3.05. The molecule has 0 amide bonds. The monoisotopic (exact) mass is 279 g/mol.